The van der Waals surface area contributed by atoms with Gasteiger partial charge < -0.3 is 15.3 Å². The lowest BCUT2D eigenvalue weighted by Crippen LogP contribution is -2.20. The third-order valence-corrected chi connectivity index (χ3v) is 3.40. The second-order valence-electron chi connectivity index (χ2n) is 5.11. The molecule has 3 nitrogen and oxygen atoms in total. The van der Waals surface area contributed by atoms with Gasteiger partial charge in [-0.05, 0) is 49.9 Å². The fourth-order valence-electron chi connectivity index (χ4n) is 2.28. The van der Waals surface area contributed by atoms with E-state index in [4.69, 9.17) is 5.11 Å². The summed E-state index contributed by atoms with van der Waals surface area (Å²) in [5.74, 6) is 0. The predicted molar refractivity (Wildman–Crippen MR) is 82.8 cm³/mol. The van der Waals surface area contributed by atoms with E-state index in [1.807, 2.05) is 0 Å². The van der Waals surface area contributed by atoms with Gasteiger partial charge in [-0.15, -0.1) is 0 Å². The molecule has 0 spiro atoms. The van der Waals surface area contributed by atoms with Crippen molar-refractivity contribution >= 4 is 5.69 Å². The van der Waals surface area contributed by atoms with Crippen LogP contribution in [0.3, 0.4) is 0 Å². The topological polar surface area (TPSA) is 35.5 Å². The third-order valence-electron chi connectivity index (χ3n) is 3.40. The van der Waals surface area contributed by atoms with Crippen molar-refractivity contribution in [2.24, 2.45) is 0 Å². The van der Waals surface area contributed by atoms with Gasteiger partial charge in [-0.25, -0.2) is 0 Å². The zero-order chi connectivity index (χ0) is 14.1. The maximum atomic E-state index is 8.77. The molecule has 0 bridgehead atoms. The first-order chi connectivity index (χ1) is 9.19. The van der Waals surface area contributed by atoms with Gasteiger partial charge in [0.2, 0.25) is 0 Å². The molecule has 0 saturated carbocycles. The molecule has 0 amide bonds. The smallest absolute Gasteiger partial charge is 0.0431 e. The van der Waals surface area contributed by atoms with E-state index in [0.29, 0.717) is 6.61 Å². The van der Waals surface area contributed by atoms with Gasteiger partial charge in [0.15, 0.2) is 0 Å². The molecule has 3 heteroatoms. The number of aryl methyl sites for hydroxylation is 1. The summed E-state index contributed by atoms with van der Waals surface area (Å²) in [6, 6.07) is 6.69. The SMILES string of the molecule is CCNCc1ccc(N(C)CCCCCO)c(C)c1. The van der Waals surface area contributed by atoms with Crippen molar-refractivity contribution in [1.82, 2.24) is 5.32 Å². The number of rotatable bonds is 9. The molecule has 0 heterocycles. The number of aliphatic hydroxyl groups is 1. The Morgan fingerprint density at radius 3 is 2.63 bits per heavy atom. The van der Waals surface area contributed by atoms with E-state index >= 15 is 0 Å². The van der Waals surface area contributed by atoms with Gasteiger partial charge in [-0.2, -0.15) is 0 Å². The normalized spacial score (nSPS) is 10.7. The Morgan fingerprint density at radius 2 is 2.00 bits per heavy atom. The summed E-state index contributed by atoms with van der Waals surface area (Å²) >= 11 is 0. The Hall–Kier alpha value is -1.06. The minimum absolute atomic E-state index is 0.307. The van der Waals surface area contributed by atoms with E-state index in [-0.39, 0.29) is 0 Å². The van der Waals surface area contributed by atoms with Gasteiger partial charge in [0.1, 0.15) is 0 Å². The molecular weight excluding hydrogens is 236 g/mol. The molecule has 1 aromatic carbocycles. The first kappa shape index (κ1) is 16.0. The van der Waals surface area contributed by atoms with Crippen LogP contribution in [0, 0.1) is 6.92 Å². The lowest BCUT2D eigenvalue weighted by Gasteiger charge is -2.22. The molecule has 0 unspecified atom stereocenters. The number of hydrogen-bond acceptors (Lipinski definition) is 3. The monoisotopic (exact) mass is 264 g/mol. The van der Waals surface area contributed by atoms with Crippen LogP contribution in [0.5, 0.6) is 0 Å². The lowest BCUT2D eigenvalue weighted by molar-refractivity contribution is 0.283. The molecule has 1 rings (SSSR count). The first-order valence-electron chi connectivity index (χ1n) is 7.31. The standard InChI is InChI=1S/C16H28N2O/c1-4-17-13-15-8-9-16(14(2)12-15)18(3)10-6-5-7-11-19/h8-9,12,17,19H,4-7,10-11,13H2,1-3H3. The van der Waals surface area contributed by atoms with Crippen LogP contribution in [0.15, 0.2) is 18.2 Å². The summed E-state index contributed by atoms with van der Waals surface area (Å²) in [5, 5.41) is 12.1. The van der Waals surface area contributed by atoms with Crippen LogP contribution in [0.4, 0.5) is 5.69 Å². The largest absolute Gasteiger partial charge is 0.396 e. The molecule has 0 saturated heterocycles. The van der Waals surface area contributed by atoms with Gasteiger partial charge in [0.05, 0.1) is 0 Å². The highest BCUT2D eigenvalue weighted by Crippen LogP contribution is 2.20. The molecule has 1 aromatic rings. The van der Waals surface area contributed by atoms with Crippen molar-refractivity contribution in [3.05, 3.63) is 29.3 Å². The maximum absolute atomic E-state index is 8.77. The zero-order valence-corrected chi connectivity index (χ0v) is 12.6. The average molecular weight is 264 g/mol. The minimum atomic E-state index is 0.307. The Bertz CT molecular complexity index is 366. The Morgan fingerprint density at radius 1 is 1.21 bits per heavy atom. The first-order valence-corrected chi connectivity index (χ1v) is 7.31. The van der Waals surface area contributed by atoms with Gasteiger partial charge in [0.25, 0.3) is 0 Å². The number of benzene rings is 1. The van der Waals surface area contributed by atoms with Gasteiger partial charge >= 0.3 is 0 Å². The second-order valence-corrected chi connectivity index (χ2v) is 5.11. The Labute approximate surface area is 117 Å². The van der Waals surface area contributed by atoms with E-state index in [2.05, 4.69) is 49.3 Å². The molecule has 108 valence electrons. The highest BCUT2D eigenvalue weighted by Gasteiger charge is 2.05. The molecule has 0 radical (unpaired) electrons. The van der Waals surface area contributed by atoms with Crippen LogP contribution in [0.25, 0.3) is 0 Å². The molecular formula is C16H28N2O. The van der Waals surface area contributed by atoms with Crippen LogP contribution >= 0.6 is 0 Å². The van der Waals surface area contributed by atoms with Crippen LogP contribution in [-0.4, -0.2) is 31.9 Å². The quantitative estimate of drug-likeness (QED) is 0.673. The number of aliphatic hydroxyl groups excluding tert-OH is 1. The number of hydrogen-bond donors (Lipinski definition) is 2. The predicted octanol–water partition coefficient (Wildman–Crippen LogP) is 2.70. The highest BCUT2D eigenvalue weighted by molar-refractivity contribution is 5.53. The van der Waals surface area contributed by atoms with Crippen molar-refractivity contribution in [2.75, 3.05) is 31.6 Å². The van der Waals surface area contributed by atoms with Gasteiger partial charge in [-0.1, -0.05) is 19.1 Å². The van der Waals surface area contributed by atoms with Crippen molar-refractivity contribution in [2.45, 2.75) is 39.7 Å². The van der Waals surface area contributed by atoms with Crippen molar-refractivity contribution < 1.29 is 5.11 Å². The number of nitrogens with zero attached hydrogens (tertiary/aromatic N) is 1. The summed E-state index contributed by atoms with van der Waals surface area (Å²) < 4.78 is 0. The van der Waals surface area contributed by atoms with Crippen molar-refractivity contribution in [3.63, 3.8) is 0 Å². The van der Waals surface area contributed by atoms with Crippen LogP contribution in [-0.2, 0) is 6.54 Å². The molecule has 2 N–H and O–H groups in total. The second kappa shape index (κ2) is 8.94. The number of anilines is 1. The summed E-state index contributed by atoms with van der Waals surface area (Å²) in [5.41, 5.74) is 3.99. The van der Waals surface area contributed by atoms with E-state index in [1.54, 1.807) is 0 Å². The Balaban J connectivity index is 2.52. The lowest BCUT2D eigenvalue weighted by atomic mass is 10.1. The van der Waals surface area contributed by atoms with E-state index in [1.165, 1.54) is 16.8 Å². The number of unbranched alkanes of at least 4 members (excludes halogenated alkanes) is 2. The van der Waals surface area contributed by atoms with Gasteiger partial charge in [0, 0.05) is 32.4 Å². The highest BCUT2D eigenvalue weighted by atomic mass is 16.2. The Kier molecular flexibility index (Phi) is 7.53. The summed E-state index contributed by atoms with van der Waals surface area (Å²) in [7, 11) is 2.14. The fourth-order valence-corrected chi connectivity index (χ4v) is 2.28. The minimum Gasteiger partial charge on any atom is -0.396 e. The molecule has 19 heavy (non-hydrogen) atoms. The van der Waals surface area contributed by atoms with E-state index in [0.717, 1.165) is 38.9 Å². The molecule has 0 fully saturated rings. The molecule has 0 atom stereocenters. The number of nitrogens with one attached hydrogen (secondary N) is 1. The molecule has 0 aliphatic rings. The third kappa shape index (κ3) is 5.62. The molecule has 0 aliphatic heterocycles. The molecule has 0 aromatic heterocycles. The maximum Gasteiger partial charge on any atom is 0.0431 e. The summed E-state index contributed by atoms with van der Waals surface area (Å²) in [4.78, 5) is 2.31. The van der Waals surface area contributed by atoms with Crippen molar-refractivity contribution in [1.29, 1.82) is 0 Å². The van der Waals surface area contributed by atoms with Crippen LogP contribution in [0.2, 0.25) is 0 Å². The van der Waals surface area contributed by atoms with E-state index in [9.17, 15) is 0 Å². The van der Waals surface area contributed by atoms with Crippen LogP contribution < -0.4 is 10.2 Å². The summed E-state index contributed by atoms with van der Waals surface area (Å²) in [6.07, 6.45) is 3.14. The van der Waals surface area contributed by atoms with Crippen molar-refractivity contribution in [3.8, 4) is 0 Å². The molecule has 0 aliphatic carbocycles. The van der Waals surface area contributed by atoms with Gasteiger partial charge in [-0.3, -0.25) is 0 Å². The zero-order valence-electron chi connectivity index (χ0n) is 12.6. The van der Waals surface area contributed by atoms with Crippen LogP contribution in [0.1, 0.15) is 37.3 Å². The fraction of sp³-hybridized carbons (Fsp3) is 0.625. The average Bonchev–Trinajstić information content (AvgIpc) is 2.41. The summed E-state index contributed by atoms with van der Waals surface area (Å²) in [6.45, 7) is 7.61. The van der Waals surface area contributed by atoms with E-state index < -0.39 is 0 Å².